The first kappa shape index (κ1) is 36.6. The van der Waals surface area contributed by atoms with E-state index in [0.717, 1.165) is 36.0 Å². The molecule has 2 heterocycles. The molecule has 0 aliphatic heterocycles. The normalized spacial score (nSPS) is 25.3. The van der Waals surface area contributed by atoms with Crippen molar-refractivity contribution in [2.24, 2.45) is 35.5 Å². The Morgan fingerprint density at radius 3 is 2.17 bits per heavy atom. The molecule has 15 rings (SSSR count). The molecule has 0 spiro atoms. The van der Waals surface area contributed by atoms with Crippen LogP contribution < -0.4 is 4.90 Å². The van der Waals surface area contributed by atoms with Crippen molar-refractivity contribution < 1.29 is 0 Å². The third-order valence-electron chi connectivity index (χ3n) is 17.1. The van der Waals surface area contributed by atoms with E-state index in [-0.39, 0.29) is 0 Å². The Labute approximate surface area is 384 Å². The molecule has 2 nitrogen and oxygen atoms in total. The van der Waals surface area contributed by atoms with Gasteiger partial charge in [0.05, 0.1) is 16.9 Å². The summed E-state index contributed by atoms with van der Waals surface area (Å²) >= 11 is 1.91. The summed E-state index contributed by atoms with van der Waals surface area (Å²) in [4.78, 5) is 2.59. The fourth-order valence-corrected chi connectivity index (χ4v) is 15.8. The van der Waals surface area contributed by atoms with Gasteiger partial charge in [-0.2, -0.15) is 0 Å². The monoisotopic (exact) mass is 852 g/mol. The third-order valence-corrected chi connectivity index (χ3v) is 18.3. The summed E-state index contributed by atoms with van der Waals surface area (Å²) < 4.78 is 5.26. The Morgan fingerprint density at radius 1 is 0.600 bits per heavy atom. The lowest BCUT2D eigenvalue weighted by Gasteiger charge is -2.52. The van der Waals surface area contributed by atoms with E-state index in [0.29, 0.717) is 11.3 Å². The van der Waals surface area contributed by atoms with E-state index >= 15 is 0 Å². The van der Waals surface area contributed by atoms with Crippen LogP contribution in [-0.2, 0) is 5.41 Å². The van der Waals surface area contributed by atoms with Gasteiger partial charge in [0.25, 0.3) is 0 Å². The molecule has 4 saturated carbocycles. The minimum absolute atomic E-state index is 0.298. The lowest BCUT2D eigenvalue weighted by Crippen LogP contribution is -2.47. The van der Waals surface area contributed by atoms with Gasteiger partial charge in [0.2, 0.25) is 0 Å². The largest absolute Gasteiger partial charge is 0.310 e. The topological polar surface area (TPSA) is 8.17 Å². The molecule has 4 unspecified atom stereocenters. The predicted molar refractivity (Wildman–Crippen MR) is 274 cm³/mol. The van der Waals surface area contributed by atoms with Gasteiger partial charge in [0, 0.05) is 65.1 Å². The van der Waals surface area contributed by atoms with Gasteiger partial charge in [-0.15, -0.1) is 11.3 Å². The van der Waals surface area contributed by atoms with E-state index in [1.54, 1.807) is 5.56 Å². The van der Waals surface area contributed by atoms with Crippen LogP contribution in [0.2, 0.25) is 0 Å². The van der Waals surface area contributed by atoms with Crippen molar-refractivity contribution in [2.45, 2.75) is 37.5 Å². The molecular weight excluding hydrogens is 805 g/mol. The number of thiophene rings is 1. The van der Waals surface area contributed by atoms with Crippen LogP contribution in [0.1, 0.15) is 48.9 Å². The fourth-order valence-electron chi connectivity index (χ4n) is 14.6. The van der Waals surface area contributed by atoms with Crippen LogP contribution in [-0.4, -0.2) is 4.57 Å². The second-order valence-corrected chi connectivity index (χ2v) is 21.1. The van der Waals surface area contributed by atoms with Crippen molar-refractivity contribution in [1.82, 2.24) is 4.57 Å². The second-order valence-electron chi connectivity index (χ2n) is 20.0. The zero-order chi connectivity index (χ0) is 42.4. The SMILES string of the molecule is C1=CCC2C=Cc3c(n(-c4ccccc4-c4ccc(N(c5ccc(-c6cccc7c6sc6ccccc67)cc5)c5ccccc5[C@]56CC7C[C@H]8CC(C5)[C@H]8C76)cc4)c4ccccc34)C2=C1. The molecule has 0 bridgehead atoms. The van der Waals surface area contributed by atoms with Crippen molar-refractivity contribution in [3.8, 4) is 27.9 Å². The number of para-hydroxylation sites is 3. The maximum absolute atomic E-state index is 2.59. The highest BCUT2D eigenvalue weighted by atomic mass is 32.1. The van der Waals surface area contributed by atoms with Gasteiger partial charge < -0.3 is 9.47 Å². The Balaban J connectivity index is 0.866. The number of allylic oxidation sites excluding steroid dienone is 5. The number of nitrogens with zero attached hydrogens (tertiary/aromatic N) is 2. The van der Waals surface area contributed by atoms with Gasteiger partial charge in [0.15, 0.2) is 0 Å². The van der Waals surface area contributed by atoms with Gasteiger partial charge in [-0.25, -0.2) is 0 Å². The summed E-state index contributed by atoms with van der Waals surface area (Å²) in [6.07, 6.45) is 18.4. The van der Waals surface area contributed by atoms with Crippen molar-refractivity contribution in [2.75, 3.05) is 4.90 Å². The van der Waals surface area contributed by atoms with Crippen LogP contribution in [0.5, 0.6) is 0 Å². The quantitative estimate of drug-likeness (QED) is 0.155. The molecular formula is C62H48N2S. The van der Waals surface area contributed by atoms with Gasteiger partial charge in [0.1, 0.15) is 0 Å². The molecule has 312 valence electrons. The average Bonchev–Trinajstić information content (AvgIpc) is 4.03. The van der Waals surface area contributed by atoms with Gasteiger partial charge in [-0.05, 0) is 138 Å². The molecule has 0 radical (unpaired) electrons. The van der Waals surface area contributed by atoms with E-state index in [9.17, 15) is 0 Å². The Kier molecular flexibility index (Phi) is 7.71. The van der Waals surface area contributed by atoms with E-state index < -0.39 is 0 Å². The maximum atomic E-state index is 2.59. The zero-order valence-corrected chi connectivity index (χ0v) is 37.1. The molecule has 4 fully saturated rings. The number of anilines is 3. The third kappa shape index (κ3) is 5.11. The lowest BCUT2D eigenvalue weighted by atomic mass is 9.53. The summed E-state index contributed by atoms with van der Waals surface area (Å²) in [5.41, 5.74) is 17.2. The molecule has 2 aromatic heterocycles. The number of fused-ring (bicyclic) bond motifs is 8. The standard InChI is InChI=1S/C62H48N2S/c1-2-14-47-38(12-1)28-33-51-49-15-4-8-21-55(49)64(60(47)51)54-20-7-3-13-46(54)39-24-29-44(30-25-39)63(56-22-9-6-19-53(56)62-36-42-34-41-35-43(37-62)59(62)58(41)42)45-31-26-40(27-32-45)48-17-11-18-52-50-16-5-10-23-57(50)65-61(48)52/h1-11,13-33,38,41-43,58-59H,12,34-37H2/t38?,41-,42?,43?,58+,59?,62-/m1/s1. The van der Waals surface area contributed by atoms with Crippen molar-refractivity contribution in [3.63, 3.8) is 0 Å². The van der Waals surface area contributed by atoms with Crippen LogP contribution in [0.4, 0.5) is 17.1 Å². The molecule has 9 aromatic rings. The smallest absolute Gasteiger partial charge is 0.0579 e. The summed E-state index contributed by atoms with van der Waals surface area (Å²) in [7, 11) is 0. The van der Waals surface area contributed by atoms with Crippen LogP contribution in [0, 0.1) is 35.5 Å². The number of benzene rings is 7. The number of hydrogen-bond donors (Lipinski definition) is 0. The molecule has 0 saturated heterocycles. The van der Waals surface area contributed by atoms with Crippen LogP contribution in [0.3, 0.4) is 0 Å². The van der Waals surface area contributed by atoms with E-state index in [1.807, 2.05) is 11.3 Å². The highest BCUT2D eigenvalue weighted by Crippen LogP contribution is 2.79. The maximum Gasteiger partial charge on any atom is 0.0579 e. The summed E-state index contributed by atoms with van der Waals surface area (Å²) in [6, 6.07) is 62.2. The average molecular weight is 853 g/mol. The van der Waals surface area contributed by atoms with Crippen molar-refractivity contribution in [3.05, 3.63) is 205 Å². The fraction of sp³-hybridized carbons (Fsp3) is 0.194. The van der Waals surface area contributed by atoms with E-state index in [4.69, 9.17) is 0 Å². The Bertz CT molecular complexity index is 3520. The minimum atomic E-state index is 0.298. The van der Waals surface area contributed by atoms with Crippen LogP contribution in [0.15, 0.2) is 188 Å². The molecule has 7 aromatic carbocycles. The summed E-state index contributed by atoms with van der Waals surface area (Å²) in [6.45, 7) is 0. The highest BCUT2D eigenvalue weighted by Gasteiger charge is 2.73. The zero-order valence-electron chi connectivity index (χ0n) is 36.3. The van der Waals surface area contributed by atoms with Crippen molar-refractivity contribution in [1.29, 1.82) is 0 Å². The number of aromatic nitrogens is 1. The summed E-state index contributed by atoms with van der Waals surface area (Å²) in [5.74, 6) is 5.05. The molecule has 3 heteroatoms. The molecule has 0 N–H and O–H groups in total. The predicted octanol–water partition coefficient (Wildman–Crippen LogP) is 16.7. The van der Waals surface area contributed by atoms with E-state index in [1.165, 1.54) is 119 Å². The molecule has 6 aliphatic carbocycles. The van der Waals surface area contributed by atoms with Crippen LogP contribution >= 0.6 is 11.3 Å². The number of rotatable bonds is 7. The number of hydrogen-bond acceptors (Lipinski definition) is 2. The van der Waals surface area contributed by atoms with Gasteiger partial charge in [-0.1, -0.05) is 146 Å². The van der Waals surface area contributed by atoms with Gasteiger partial charge >= 0.3 is 0 Å². The molecule has 6 aliphatic rings. The first-order chi connectivity index (χ1) is 32.2. The van der Waals surface area contributed by atoms with Crippen LogP contribution in [0.25, 0.3) is 70.7 Å². The first-order valence-corrected chi connectivity index (χ1v) is 24.8. The highest BCUT2D eigenvalue weighted by molar-refractivity contribution is 7.26. The Hall–Kier alpha value is -6.68. The minimum Gasteiger partial charge on any atom is -0.310 e. The van der Waals surface area contributed by atoms with Gasteiger partial charge in [-0.3, -0.25) is 0 Å². The lowest BCUT2D eigenvalue weighted by molar-refractivity contribution is 0.0688. The molecule has 0 amide bonds. The second kappa shape index (κ2) is 13.7. The van der Waals surface area contributed by atoms with E-state index in [2.05, 4.69) is 204 Å². The van der Waals surface area contributed by atoms with Crippen molar-refractivity contribution >= 4 is 71.1 Å². The molecule has 7 atom stereocenters. The first-order valence-electron chi connectivity index (χ1n) is 24.0. The molecule has 65 heavy (non-hydrogen) atoms. The summed E-state index contributed by atoms with van der Waals surface area (Å²) in [5, 5.41) is 3.99. The Morgan fingerprint density at radius 2 is 1.29 bits per heavy atom.